The molecule has 4 unspecified atom stereocenters. The summed E-state index contributed by atoms with van der Waals surface area (Å²) >= 11 is 0. The predicted octanol–water partition coefficient (Wildman–Crippen LogP) is 7.89. The molecule has 0 amide bonds. The van der Waals surface area contributed by atoms with Gasteiger partial charge in [-0.1, -0.05) is 66.0 Å². The summed E-state index contributed by atoms with van der Waals surface area (Å²) in [6.07, 6.45) is 16.5. The van der Waals surface area contributed by atoms with E-state index in [0.717, 1.165) is 54.3 Å². The third-order valence-electron chi connectivity index (χ3n) is 10.4. The van der Waals surface area contributed by atoms with E-state index in [9.17, 15) is 4.79 Å². The Morgan fingerprint density at radius 3 is 2.59 bits per heavy atom. The summed E-state index contributed by atoms with van der Waals surface area (Å²) in [7, 11) is 1.40. The van der Waals surface area contributed by atoms with Gasteiger partial charge in [0.05, 0.1) is 7.11 Å². The van der Waals surface area contributed by atoms with Crippen molar-refractivity contribution in [2.24, 2.45) is 58.7 Å². The molecule has 3 heteroatoms. The van der Waals surface area contributed by atoms with Crippen LogP contribution in [0, 0.1) is 58.7 Å². The van der Waals surface area contributed by atoms with Crippen molar-refractivity contribution in [2.75, 3.05) is 7.11 Å². The van der Waals surface area contributed by atoms with Crippen molar-refractivity contribution in [3.05, 3.63) is 12.2 Å². The number of methoxy groups -OCH3 is 1. The molecule has 3 saturated carbocycles. The van der Waals surface area contributed by atoms with Crippen LogP contribution in [0.1, 0.15) is 92.4 Å². The average molecular weight is 445 g/mol. The standard InChI is InChI=1S/C29H48O3/c1-18(2)8-7-9-19(3)25-12-13-26-23-11-10-21-17-22(32-28(30)31-6)16-20(4)27(21)24(23)14-15-29(25,26)5/h10-11,18-27H,7-9,12-17H2,1-6H3/t19?,20-,21?,22?,23-,24+,25-,26+,27?,29-/m0/s1. The molecule has 32 heavy (non-hydrogen) atoms. The highest BCUT2D eigenvalue weighted by molar-refractivity contribution is 5.59. The molecule has 4 rings (SSSR count). The highest BCUT2D eigenvalue weighted by Crippen LogP contribution is 2.65. The van der Waals surface area contributed by atoms with Crippen LogP contribution in [0.4, 0.5) is 4.79 Å². The number of hydrogen-bond acceptors (Lipinski definition) is 3. The molecule has 0 bridgehead atoms. The monoisotopic (exact) mass is 444 g/mol. The lowest BCUT2D eigenvalue weighted by molar-refractivity contribution is -0.0635. The number of carbonyl (C=O) groups is 1. The van der Waals surface area contributed by atoms with Crippen LogP contribution in [-0.2, 0) is 9.47 Å². The third-order valence-corrected chi connectivity index (χ3v) is 10.4. The highest BCUT2D eigenvalue weighted by atomic mass is 16.7. The van der Waals surface area contributed by atoms with Crippen LogP contribution in [-0.4, -0.2) is 19.4 Å². The van der Waals surface area contributed by atoms with Gasteiger partial charge in [0.25, 0.3) is 0 Å². The normalized spacial score (nSPS) is 43.8. The smallest absolute Gasteiger partial charge is 0.438 e. The van der Waals surface area contributed by atoms with Gasteiger partial charge in [0.15, 0.2) is 0 Å². The van der Waals surface area contributed by atoms with E-state index in [4.69, 9.17) is 9.47 Å². The Bertz CT molecular complexity index is 684. The molecule has 4 aliphatic rings. The summed E-state index contributed by atoms with van der Waals surface area (Å²) in [4.78, 5) is 11.7. The Balaban J connectivity index is 1.44. The maximum Gasteiger partial charge on any atom is 0.508 e. The number of carbonyl (C=O) groups excluding carboxylic acids is 1. The molecule has 0 radical (unpaired) electrons. The van der Waals surface area contributed by atoms with Gasteiger partial charge in [-0.05, 0) is 97.2 Å². The first-order chi connectivity index (χ1) is 15.2. The summed E-state index contributed by atoms with van der Waals surface area (Å²) < 4.78 is 10.3. The second-order valence-electron chi connectivity index (χ2n) is 12.6. The molecular weight excluding hydrogens is 396 g/mol. The maximum atomic E-state index is 11.7. The minimum Gasteiger partial charge on any atom is -0.438 e. The summed E-state index contributed by atoms with van der Waals surface area (Å²) in [5.41, 5.74) is 0.532. The molecule has 3 fully saturated rings. The van der Waals surface area contributed by atoms with Gasteiger partial charge in [-0.3, -0.25) is 0 Å². The van der Waals surface area contributed by atoms with Gasteiger partial charge < -0.3 is 9.47 Å². The SMILES string of the molecule is COC(=O)OC1CC2C=C[C@@H]3[C@H]4CC[C@@H](C(C)CCCC(C)C)[C@]4(C)CC[C@H]3C2[C@@H](C)C1. The zero-order valence-corrected chi connectivity index (χ0v) is 21.5. The topological polar surface area (TPSA) is 35.5 Å². The van der Waals surface area contributed by atoms with Crippen LogP contribution in [0.15, 0.2) is 12.2 Å². The zero-order chi connectivity index (χ0) is 23.0. The number of ether oxygens (including phenoxy) is 2. The van der Waals surface area contributed by atoms with E-state index in [1.807, 2.05) is 0 Å². The molecule has 3 nitrogen and oxygen atoms in total. The minimum absolute atomic E-state index is 0.0105. The van der Waals surface area contributed by atoms with E-state index >= 15 is 0 Å². The Labute approximate surface area is 197 Å². The fourth-order valence-electron chi connectivity index (χ4n) is 9.02. The van der Waals surface area contributed by atoms with E-state index in [-0.39, 0.29) is 6.10 Å². The Morgan fingerprint density at radius 1 is 1.09 bits per heavy atom. The molecule has 182 valence electrons. The molecular formula is C29H48O3. The molecule has 4 aliphatic carbocycles. The van der Waals surface area contributed by atoms with Gasteiger partial charge in [-0.25, -0.2) is 4.79 Å². The second-order valence-corrected chi connectivity index (χ2v) is 12.6. The van der Waals surface area contributed by atoms with Gasteiger partial charge in [0.1, 0.15) is 6.10 Å². The van der Waals surface area contributed by atoms with Crippen molar-refractivity contribution in [3.8, 4) is 0 Å². The van der Waals surface area contributed by atoms with Gasteiger partial charge in [0, 0.05) is 0 Å². The van der Waals surface area contributed by atoms with E-state index in [2.05, 4.69) is 46.8 Å². The number of allylic oxidation sites excluding steroid dienone is 2. The summed E-state index contributed by atoms with van der Waals surface area (Å²) in [6, 6.07) is 0. The van der Waals surface area contributed by atoms with Crippen molar-refractivity contribution >= 4 is 6.16 Å². The fraction of sp³-hybridized carbons (Fsp3) is 0.897. The van der Waals surface area contributed by atoms with Crippen molar-refractivity contribution in [2.45, 2.75) is 98.5 Å². The number of fused-ring (bicyclic) bond motifs is 5. The molecule has 0 aromatic carbocycles. The highest BCUT2D eigenvalue weighted by Gasteiger charge is 2.57. The van der Waals surface area contributed by atoms with Crippen LogP contribution in [0.2, 0.25) is 0 Å². The predicted molar refractivity (Wildman–Crippen MR) is 130 cm³/mol. The van der Waals surface area contributed by atoms with Crippen LogP contribution < -0.4 is 0 Å². The van der Waals surface area contributed by atoms with Crippen LogP contribution in [0.5, 0.6) is 0 Å². The molecule has 0 heterocycles. The largest absolute Gasteiger partial charge is 0.508 e. The lowest BCUT2D eigenvalue weighted by Gasteiger charge is -2.56. The average Bonchev–Trinajstić information content (AvgIpc) is 3.10. The molecule has 0 spiro atoms. The molecule has 0 saturated heterocycles. The number of hydrogen-bond donors (Lipinski definition) is 0. The summed E-state index contributed by atoms with van der Waals surface area (Å²) in [5, 5.41) is 0. The quantitative estimate of drug-likeness (QED) is 0.308. The van der Waals surface area contributed by atoms with E-state index in [1.165, 1.54) is 52.1 Å². The Hall–Kier alpha value is -0.990. The van der Waals surface area contributed by atoms with Crippen molar-refractivity contribution in [1.82, 2.24) is 0 Å². The van der Waals surface area contributed by atoms with Gasteiger partial charge >= 0.3 is 6.16 Å². The second kappa shape index (κ2) is 9.71. The van der Waals surface area contributed by atoms with E-state index in [0.29, 0.717) is 17.3 Å². The lowest BCUT2D eigenvalue weighted by Crippen LogP contribution is -2.50. The first-order valence-electron chi connectivity index (χ1n) is 13.7. The molecule has 10 atom stereocenters. The zero-order valence-electron chi connectivity index (χ0n) is 21.5. The van der Waals surface area contributed by atoms with Gasteiger partial charge in [0.2, 0.25) is 0 Å². The van der Waals surface area contributed by atoms with E-state index < -0.39 is 6.16 Å². The summed E-state index contributed by atoms with van der Waals surface area (Å²) in [6.45, 7) is 12.3. The van der Waals surface area contributed by atoms with E-state index in [1.54, 1.807) is 0 Å². The Kier molecular flexibility index (Phi) is 7.32. The first kappa shape index (κ1) is 24.1. The van der Waals surface area contributed by atoms with Gasteiger partial charge in [-0.2, -0.15) is 0 Å². The first-order valence-corrected chi connectivity index (χ1v) is 13.7. The lowest BCUT2D eigenvalue weighted by atomic mass is 9.49. The maximum absolute atomic E-state index is 11.7. The van der Waals surface area contributed by atoms with Crippen molar-refractivity contribution in [3.63, 3.8) is 0 Å². The molecule has 0 aromatic rings. The fourth-order valence-corrected chi connectivity index (χ4v) is 9.02. The van der Waals surface area contributed by atoms with Crippen molar-refractivity contribution in [1.29, 1.82) is 0 Å². The van der Waals surface area contributed by atoms with Crippen LogP contribution in [0.25, 0.3) is 0 Å². The van der Waals surface area contributed by atoms with Crippen LogP contribution >= 0.6 is 0 Å². The third kappa shape index (κ3) is 4.51. The molecule has 0 aromatic heterocycles. The minimum atomic E-state index is -0.522. The molecule has 0 aliphatic heterocycles. The Morgan fingerprint density at radius 2 is 1.88 bits per heavy atom. The van der Waals surface area contributed by atoms with Crippen LogP contribution in [0.3, 0.4) is 0 Å². The van der Waals surface area contributed by atoms with Gasteiger partial charge in [-0.15, -0.1) is 0 Å². The molecule has 0 N–H and O–H groups in total. The number of rotatable bonds is 6. The van der Waals surface area contributed by atoms with Crippen molar-refractivity contribution < 1.29 is 14.3 Å². The summed E-state index contributed by atoms with van der Waals surface area (Å²) in [5.74, 6) is 7.00.